The van der Waals surface area contributed by atoms with E-state index in [-0.39, 0.29) is 10.6 Å². The zero-order valence-corrected chi connectivity index (χ0v) is 12.3. The summed E-state index contributed by atoms with van der Waals surface area (Å²) in [6, 6.07) is 5.27. The molecule has 0 atom stereocenters. The number of nitro groups is 1. The van der Waals surface area contributed by atoms with Gasteiger partial charge in [-0.1, -0.05) is 6.07 Å². The van der Waals surface area contributed by atoms with E-state index in [1.54, 1.807) is 23.5 Å². The van der Waals surface area contributed by atoms with Gasteiger partial charge in [-0.25, -0.2) is 0 Å². The minimum Gasteiger partial charge on any atom is -0.380 e. The molecule has 1 heterocycles. The minimum atomic E-state index is -0.346. The molecule has 0 saturated heterocycles. The summed E-state index contributed by atoms with van der Waals surface area (Å²) in [5.74, 6) is 0. The molecule has 0 bridgehead atoms. The zero-order valence-electron chi connectivity index (χ0n) is 11.5. The van der Waals surface area contributed by atoms with Crippen LogP contribution in [0.25, 0.3) is 0 Å². The van der Waals surface area contributed by atoms with Crippen LogP contribution < -0.4 is 10.6 Å². The van der Waals surface area contributed by atoms with E-state index in [0.717, 1.165) is 5.56 Å². The van der Waals surface area contributed by atoms with Crippen molar-refractivity contribution in [3.63, 3.8) is 0 Å². The first-order chi connectivity index (χ1) is 9.63. The highest BCUT2D eigenvalue weighted by Gasteiger charge is 2.19. The van der Waals surface area contributed by atoms with E-state index in [1.165, 1.54) is 5.56 Å². The molecule has 0 spiro atoms. The number of rotatable bonds is 6. The zero-order chi connectivity index (χ0) is 14.5. The van der Waals surface area contributed by atoms with E-state index in [0.29, 0.717) is 24.5 Å². The molecule has 0 aliphatic heterocycles. The van der Waals surface area contributed by atoms with Gasteiger partial charge in [0.25, 0.3) is 0 Å². The third-order valence-electron chi connectivity index (χ3n) is 3.02. The third kappa shape index (κ3) is 3.08. The number of thiophene rings is 1. The Labute approximate surface area is 121 Å². The van der Waals surface area contributed by atoms with Crippen molar-refractivity contribution in [1.29, 1.82) is 0 Å². The maximum Gasteiger partial charge on any atom is 0.315 e. The smallest absolute Gasteiger partial charge is 0.315 e. The highest BCUT2D eigenvalue weighted by atomic mass is 32.1. The molecule has 0 radical (unpaired) electrons. The largest absolute Gasteiger partial charge is 0.380 e. The molecule has 2 rings (SSSR count). The van der Waals surface area contributed by atoms with Crippen LogP contribution in [-0.2, 0) is 6.54 Å². The maximum atomic E-state index is 11.3. The van der Waals surface area contributed by atoms with Crippen molar-refractivity contribution in [2.24, 2.45) is 0 Å². The van der Waals surface area contributed by atoms with Crippen LogP contribution in [-0.4, -0.2) is 11.5 Å². The number of hydrogen-bond acceptors (Lipinski definition) is 5. The third-order valence-corrected chi connectivity index (χ3v) is 3.93. The molecule has 20 heavy (non-hydrogen) atoms. The molecule has 1 aromatic carbocycles. The molecule has 0 amide bonds. The Hall–Kier alpha value is -2.08. The molecule has 5 nitrogen and oxygen atoms in total. The topological polar surface area (TPSA) is 67.2 Å². The van der Waals surface area contributed by atoms with Crippen molar-refractivity contribution in [1.82, 2.24) is 0 Å². The molecule has 1 aromatic heterocycles. The van der Waals surface area contributed by atoms with Gasteiger partial charge in [-0.3, -0.25) is 10.1 Å². The van der Waals surface area contributed by atoms with Crippen molar-refractivity contribution in [2.45, 2.75) is 20.4 Å². The maximum absolute atomic E-state index is 11.3. The van der Waals surface area contributed by atoms with Gasteiger partial charge in [-0.15, -0.1) is 0 Å². The predicted octanol–water partition coefficient (Wildman–Crippen LogP) is 4.01. The van der Waals surface area contributed by atoms with Gasteiger partial charge in [0.1, 0.15) is 11.4 Å². The first kappa shape index (κ1) is 14.3. The Bertz CT molecular complexity index is 610. The van der Waals surface area contributed by atoms with Crippen LogP contribution in [0.3, 0.4) is 0 Å². The Morgan fingerprint density at radius 1 is 1.25 bits per heavy atom. The number of hydrogen-bond donors (Lipinski definition) is 2. The van der Waals surface area contributed by atoms with Crippen LogP contribution >= 0.6 is 11.3 Å². The number of nitro benzene ring substituents is 1. The van der Waals surface area contributed by atoms with Gasteiger partial charge in [0, 0.05) is 13.1 Å². The highest BCUT2D eigenvalue weighted by molar-refractivity contribution is 7.08. The van der Waals surface area contributed by atoms with E-state index in [9.17, 15) is 10.1 Å². The Kier molecular flexibility index (Phi) is 4.57. The van der Waals surface area contributed by atoms with Crippen molar-refractivity contribution < 1.29 is 4.92 Å². The minimum absolute atomic E-state index is 0.0993. The van der Waals surface area contributed by atoms with Crippen molar-refractivity contribution in [3.05, 3.63) is 50.2 Å². The summed E-state index contributed by atoms with van der Waals surface area (Å²) in [5, 5.41) is 21.6. The Balaban J connectivity index is 2.24. The summed E-state index contributed by atoms with van der Waals surface area (Å²) in [7, 11) is 0. The lowest BCUT2D eigenvalue weighted by molar-refractivity contribution is -0.383. The van der Waals surface area contributed by atoms with Crippen LogP contribution in [0, 0.1) is 17.0 Å². The van der Waals surface area contributed by atoms with E-state index in [4.69, 9.17) is 0 Å². The number of aryl methyl sites for hydroxylation is 1. The lowest BCUT2D eigenvalue weighted by Gasteiger charge is -2.10. The first-order valence-corrected chi connectivity index (χ1v) is 7.34. The second kappa shape index (κ2) is 6.38. The average Bonchev–Trinajstić information content (AvgIpc) is 2.82. The lowest BCUT2D eigenvalue weighted by Crippen LogP contribution is -2.06. The van der Waals surface area contributed by atoms with E-state index < -0.39 is 0 Å². The molecule has 0 unspecified atom stereocenters. The van der Waals surface area contributed by atoms with Crippen LogP contribution in [0.4, 0.5) is 17.1 Å². The highest BCUT2D eigenvalue weighted by Crippen LogP contribution is 2.33. The number of anilines is 2. The standard InChI is InChI=1S/C14H17N3O2S/c1-3-15-12-5-4-6-13(14(12)17(18)19)16-7-11-9-20-8-10(11)2/h4-6,8-9,15-16H,3,7H2,1-2H3. The second-order valence-electron chi connectivity index (χ2n) is 4.42. The summed E-state index contributed by atoms with van der Waals surface area (Å²) < 4.78 is 0. The van der Waals surface area contributed by atoms with Crippen LogP contribution in [0.15, 0.2) is 29.0 Å². The lowest BCUT2D eigenvalue weighted by atomic mass is 10.2. The van der Waals surface area contributed by atoms with Gasteiger partial charge < -0.3 is 10.6 Å². The molecule has 2 N–H and O–H groups in total. The average molecular weight is 291 g/mol. The molecule has 0 aliphatic rings. The molecule has 0 saturated carbocycles. The van der Waals surface area contributed by atoms with Crippen LogP contribution in [0.1, 0.15) is 18.1 Å². The van der Waals surface area contributed by atoms with Crippen molar-refractivity contribution in [3.8, 4) is 0 Å². The fourth-order valence-electron chi connectivity index (χ4n) is 1.97. The van der Waals surface area contributed by atoms with Crippen LogP contribution in [0.5, 0.6) is 0 Å². The van der Waals surface area contributed by atoms with Crippen LogP contribution in [0.2, 0.25) is 0 Å². The fraction of sp³-hybridized carbons (Fsp3) is 0.286. The number of nitrogens with zero attached hydrogens (tertiary/aromatic N) is 1. The molecule has 106 valence electrons. The molecule has 0 fully saturated rings. The number of para-hydroxylation sites is 1. The van der Waals surface area contributed by atoms with Crippen molar-refractivity contribution in [2.75, 3.05) is 17.2 Å². The van der Waals surface area contributed by atoms with Gasteiger partial charge >= 0.3 is 5.69 Å². The van der Waals surface area contributed by atoms with E-state index >= 15 is 0 Å². The summed E-state index contributed by atoms with van der Waals surface area (Å²) in [4.78, 5) is 10.9. The first-order valence-electron chi connectivity index (χ1n) is 6.40. The SMILES string of the molecule is CCNc1cccc(NCc2cscc2C)c1[N+](=O)[O-]. The molecule has 6 heteroatoms. The van der Waals surface area contributed by atoms with Gasteiger partial charge in [0.05, 0.1) is 4.92 Å². The monoisotopic (exact) mass is 291 g/mol. The van der Waals surface area contributed by atoms with Gasteiger partial charge in [0.2, 0.25) is 0 Å². The number of benzene rings is 1. The predicted molar refractivity (Wildman–Crippen MR) is 83.6 cm³/mol. The molecular formula is C14H17N3O2S. The van der Waals surface area contributed by atoms with E-state index in [2.05, 4.69) is 21.4 Å². The summed E-state index contributed by atoms with van der Waals surface area (Å²) in [6.45, 7) is 5.19. The van der Waals surface area contributed by atoms with Gasteiger partial charge in [-0.2, -0.15) is 11.3 Å². The summed E-state index contributed by atoms with van der Waals surface area (Å²) >= 11 is 1.64. The second-order valence-corrected chi connectivity index (χ2v) is 5.17. The summed E-state index contributed by atoms with van der Waals surface area (Å²) in [6.07, 6.45) is 0. The fourth-order valence-corrected chi connectivity index (χ4v) is 2.83. The Morgan fingerprint density at radius 2 is 1.95 bits per heavy atom. The molecule has 2 aromatic rings. The summed E-state index contributed by atoms with van der Waals surface area (Å²) in [5.41, 5.74) is 3.55. The molecular weight excluding hydrogens is 274 g/mol. The molecule has 0 aliphatic carbocycles. The van der Waals surface area contributed by atoms with E-state index in [1.807, 2.05) is 19.9 Å². The quantitative estimate of drug-likeness (QED) is 0.623. The van der Waals surface area contributed by atoms with Gasteiger partial charge in [-0.05, 0) is 47.9 Å². The van der Waals surface area contributed by atoms with Gasteiger partial charge in [0.15, 0.2) is 0 Å². The Morgan fingerprint density at radius 3 is 2.50 bits per heavy atom. The van der Waals surface area contributed by atoms with Crippen molar-refractivity contribution >= 4 is 28.4 Å². The normalized spacial score (nSPS) is 10.3. The number of nitrogens with one attached hydrogen (secondary N) is 2.